The molecule has 1 fully saturated rings. The molecule has 0 saturated carbocycles. The van der Waals surface area contributed by atoms with E-state index in [1.807, 2.05) is 36.1 Å². The number of rotatable bonds is 7. The number of anilines is 5. The first-order chi connectivity index (χ1) is 16.0. The molecule has 0 amide bonds. The van der Waals surface area contributed by atoms with Gasteiger partial charge in [0.05, 0.1) is 12.5 Å². The number of esters is 1. The van der Waals surface area contributed by atoms with Crippen molar-refractivity contribution in [3.8, 4) is 0 Å². The van der Waals surface area contributed by atoms with Gasteiger partial charge in [-0.05, 0) is 56.2 Å². The molecule has 2 N–H and O–H groups in total. The minimum absolute atomic E-state index is 0.189. The third kappa shape index (κ3) is 6.24. The van der Waals surface area contributed by atoms with Gasteiger partial charge < -0.3 is 20.3 Å². The van der Waals surface area contributed by atoms with Gasteiger partial charge in [0.1, 0.15) is 0 Å². The Morgan fingerprint density at radius 2 is 1.64 bits per heavy atom. The van der Waals surface area contributed by atoms with Crippen molar-refractivity contribution in [2.24, 2.45) is 5.92 Å². The number of aromatic nitrogens is 3. The van der Waals surface area contributed by atoms with E-state index in [4.69, 9.17) is 27.9 Å². The number of hydrogen-bond donors (Lipinski definition) is 2. The number of carbonyl (C=O) groups excluding carboxylic acids is 1. The minimum atomic E-state index is -0.218. The van der Waals surface area contributed by atoms with Crippen LogP contribution in [0.25, 0.3) is 0 Å². The standard InChI is InChI=1S/C23H24Cl2N6O2/c1-2-33-20(32)15-6-5-11-31(14-15)23-29-21(26-18-9-3-7-16(24)12-18)28-22(30-23)27-19-10-4-8-17(25)13-19/h3-4,7-10,12-13,15H,2,5-6,11,14H2,1H3,(H2,26,27,28,29,30)/t15-/m1/s1. The predicted octanol–water partition coefficient (Wildman–Crippen LogP) is 5.45. The molecular weight excluding hydrogens is 463 g/mol. The third-order valence-corrected chi connectivity index (χ3v) is 5.58. The van der Waals surface area contributed by atoms with E-state index in [0.717, 1.165) is 30.8 Å². The largest absolute Gasteiger partial charge is 0.466 e. The Labute approximate surface area is 202 Å². The number of nitrogens with zero attached hydrogens (tertiary/aromatic N) is 4. The zero-order valence-electron chi connectivity index (χ0n) is 18.1. The fourth-order valence-electron chi connectivity index (χ4n) is 3.62. The molecule has 0 radical (unpaired) electrons. The highest BCUT2D eigenvalue weighted by Gasteiger charge is 2.28. The molecule has 33 heavy (non-hydrogen) atoms. The Balaban J connectivity index is 1.63. The molecule has 2 aromatic carbocycles. The molecule has 4 rings (SSSR count). The average Bonchev–Trinajstić information content (AvgIpc) is 2.79. The van der Waals surface area contributed by atoms with Crippen LogP contribution in [-0.4, -0.2) is 40.6 Å². The first-order valence-electron chi connectivity index (χ1n) is 10.7. The van der Waals surface area contributed by atoms with E-state index in [1.165, 1.54) is 0 Å². The zero-order chi connectivity index (χ0) is 23.2. The first kappa shape index (κ1) is 23.1. The lowest BCUT2D eigenvalue weighted by atomic mass is 9.98. The Hall–Kier alpha value is -3.10. The molecule has 8 nitrogen and oxygen atoms in total. The van der Waals surface area contributed by atoms with Gasteiger partial charge in [-0.15, -0.1) is 0 Å². The van der Waals surface area contributed by atoms with Gasteiger partial charge in [-0.25, -0.2) is 0 Å². The summed E-state index contributed by atoms with van der Waals surface area (Å²) in [5.41, 5.74) is 1.49. The normalized spacial score (nSPS) is 15.7. The third-order valence-electron chi connectivity index (χ3n) is 5.11. The highest BCUT2D eigenvalue weighted by atomic mass is 35.5. The number of benzene rings is 2. The van der Waals surface area contributed by atoms with E-state index in [2.05, 4.69) is 25.6 Å². The van der Waals surface area contributed by atoms with Gasteiger partial charge in [0.15, 0.2) is 0 Å². The summed E-state index contributed by atoms with van der Waals surface area (Å²) in [6, 6.07) is 14.6. The average molecular weight is 487 g/mol. The number of piperidine rings is 1. The molecule has 1 atom stereocenters. The van der Waals surface area contributed by atoms with Gasteiger partial charge in [0.2, 0.25) is 17.8 Å². The number of ether oxygens (including phenoxy) is 1. The molecule has 172 valence electrons. The summed E-state index contributed by atoms with van der Waals surface area (Å²) >= 11 is 12.2. The lowest BCUT2D eigenvalue weighted by Gasteiger charge is -2.31. The second-order valence-corrected chi connectivity index (χ2v) is 8.46. The maximum atomic E-state index is 12.3. The van der Waals surface area contributed by atoms with Crippen LogP contribution in [0.4, 0.5) is 29.2 Å². The summed E-state index contributed by atoms with van der Waals surface area (Å²) < 4.78 is 5.22. The van der Waals surface area contributed by atoms with E-state index in [1.54, 1.807) is 24.3 Å². The summed E-state index contributed by atoms with van der Waals surface area (Å²) in [7, 11) is 0. The Morgan fingerprint density at radius 3 is 2.18 bits per heavy atom. The van der Waals surface area contributed by atoms with Gasteiger partial charge in [-0.2, -0.15) is 15.0 Å². The maximum absolute atomic E-state index is 12.3. The van der Waals surface area contributed by atoms with Gasteiger partial charge in [-0.3, -0.25) is 4.79 Å². The van der Waals surface area contributed by atoms with E-state index < -0.39 is 0 Å². The van der Waals surface area contributed by atoms with Crippen LogP contribution in [-0.2, 0) is 9.53 Å². The smallest absolute Gasteiger partial charge is 0.310 e. The van der Waals surface area contributed by atoms with Crippen LogP contribution in [0.3, 0.4) is 0 Å². The second kappa shape index (κ2) is 10.7. The number of nitrogens with one attached hydrogen (secondary N) is 2. The second-order valence-electron chi connectivity index (χ2n) is 7.59. The molecule has 1 aromatic heterocycles. The van der Waals surface area contributed by atoms with E-state index in [0.29, 0.717) is 41.0 Å². The summed E-state index contributed by atoms with van der Waals surface area (Å²) in [6.45, 7) is 3.39. The molecular formula is C23H24Cl2N6O2. The maximum Gasteiger partial charge on any atom is 0.310 e. The summed E-state index contributed by atoms with van der Waals surface area (Å²) in [4.78, 5) is 28.0. The number of hydrogen-bond acceptors (Lipinski definition) is 8. The quantitative estimate of drug-likeness (QED) is 0.426. The van der Waals surface area contributed by atoms with E-state index in [9.17, 15) is 4.79 Å². The molecule has 0 unspecified atom stereocenters. The summed E-state index contributed by atoms with van der Waals surface area (Å²) in [5.74, 6) is 0.762. The van der Waals surface area contributed by atoms with Crippen LogP contribution in [0.2, 0.25) is 10.0 Å². The molecule has 1 aliphatic rings. The SMILES string of the molecule is CCOC(=O)[C@@H]1CCCN(c2nc(Nc3cccc(Cl)c3)nc(Nc3cccc(Cl)c3)n2)C1. The molecule has 2 heterocycles. The molecule has 1 saturated heterocycles. The van der Waals surface area contributed by atoms with Crippen molar-refractivity contribution in [3.63, 3.8) is 0 Å². The van der Waals surface area contributed by atoms with Crippen LogP contribution < -0.4 is 15.5 Å². The summed E-state index contributed by atoms with van der Waals surface area (Å²) in [5, 5.41) is 7.56. The molecule has 0 spiro atoms. The highest BCUT2D eigenvalue weighted by Crippen LogP contribution is 2.26. The van der Waals surface area contributed by atoms with Crippen LogP contribution in [0.15, 0.2) is 48.5 Å². The molecule has 1 aliphatic heterocycles. The van der Waals surface area contributed by atoms with Gasteiger partial charge >= 0.3 is 5.97 Å². The molecule has 0 bridgehead atoms. The van der Waals surface area contributed by atoms with Crippen molar-refractivity contribution in [1.29, 1.82) is 0 Å². The van der Waals surface area contributed by atoms with Gasteiger partial charge in [-0.1, -0.05) is 35.3 Å². The molecule has 3 aromatic rings. The van der Waals surface area contributed by atoms with Crippen molar-refractivity contribution in [3.05, 3.63) is 58.6 Å². The van der Waals surface area contributed by atoms with Crippen molar-refractivity contribution < 1.29 is 9.53 Å². The predicted molar refractivity (Wildman–Crippen MR) is 131 cm³/mol. The van der Waals surface area contributed by atoms with Crippen LogP contribution in [0.1, 0.15) is 19.8 Å². The van der Waals surface area contributed by atoms with E-state index in [-0.39, 0.29) is 11.9 Å². The van der Waals surface area contributed by atoms with Crippen molar-refractivity contribution >= 4 is 58.4 Å². The minimum Gasteiger partial charge on any atom is -0.466 e. The summed E-state index contributed by atoms with van der Waals surface area (Å²) in [6.07, 6.45) is 1.62. The Bertz CT molecular complexity index is 1060. The molecule has 0 aliphatic carbocycles. The lowest BCUT2D eigenvalue weighted by molar-refractivity contribution is -0.148. The van der Waals surface area contributed by atoms with Crippen molar-refractivity contribution in [1.82, 2.24) is 15.0 Å². The van der Waals surface area contributed by atoms with Crippen molar-refractivity contribution in [2.75, 3.05) is 35.2 Å². The fraction of sp³-hybridized carbons (Fsp3) is 0.304. The van der Waals surface area contributed by atoms with Crippen LogP contribution in [0.5, 0.6) is 0 Å². The number of carbonyl (C=O) groups is 1. The first-order valence-corrected chi connectivity index (χ1v) is 11.5. The topological polar surface area (TPSA) is 92.3 Å². The highest BCUT2D eigenvalue weighted by molar-refractivity contribution is 6.31. The van der Waals surface area contributed by atoms with Gasteiger partial charge in [0.25, 0.3) is 0 Å². The molecule has 10 heteroatoms. The fourth-order valence-corrected chi connectivity index (χ4v) is 4.00. The van der Waals surface area contributed by atoms with Crippen LogP contribution in [0, 0.1) is 5.92 Å². The monoisotopic (exact) mass is 486 g/mol. The number of halogens is 2. The Kier molecular flexibility index (Phi) is 7.47. The van der Waals surface area contributed by atoms with Gasteiger partial charge in [0, 0.05) is 34.5 Å². The van der Waals surface area contributed by atoms with Crippen LogP contribution >= 0.6 is 23.2 Å². The lowest BCUT2D eigenvalue weighted by Crippen LogP contribution is -2.40. The Morgan fingerprint density at radius 1 is 1.03 bits per heavy atom. The van der Waals surface area contributed by atoms with E-state index >= 15 is 0 Å². The van der Waals surface area contributed by atoms with Crippen molar-refractivity contribution in [2.45, 2.75) is 19.8 Å². The zero-order valence-corrected chi connectivity index (χ0v) is 19.6.